The van der Waals surface area contributed by atoms with E-state index in [2.05, 4.69) is 6.07 Å². The summed E-state index contributed by atoms with van der Waals surface area (Å²) in [6, 6.07) is 6.71. The molecule has 1 rings (SSSR count). The van der Waals surface area contributed by atoms with E-state index in [-0.39, 0.29) is 4.90 Å². The predicted molar refractivity (Wildman–Crippen MR) is 69.2 cm³/mol. The third-order valence-corrected chi connectivity index (χ3v) is 3.84. The predicted octanol–water partition coefficient (Wildman–Crippen LogP) is 3.00. The van der Waals surface area contributed by atoms with Crippen molar-refractivity contribution in [2.45, 2.75) is 31.1 Å². The molecule has 0 spiro atoms. The van der Waals surface area contributed by atoms with Crippen LogP contribution in [0.3, 0.4) is 0 Å². The van der Waals surface area contributed by atoms with E-state index >= 15 is 0 Å². The maximum absolute atomic E-state index is 11.2. The molecule has 6 heteroatoms. The number of nitriles is 1. The minimum absolute atomic E-state index is 0.0981. The lowest BCUT2D eigenvalue weighted by Crippen LogP contribution is -1.99. The van der Waals surface area contributed by atoms with Gasteiger partial charge in [0.1, 0.15) is 5.75 Å². The van der Waals surface area contributed by atoms with E-state index in [1.165, 1.54) is 6.07 Å². The molecular weight excluding hydrogens is 274 g/mol. The molecule has 0 radical (unpaired) electrons. The number of hydrogen-bond donors (Lipinski definition) is 0. The molecule has 4 nitrogen and oxygen atoms in total. The minimum atomic E-state index is -3.70. The zero-order chi connectivity index (χ0) is 13.6. The number of nitrogens with zero attached hydrogens (tertiary/aromatic N) is 1. The molecule has 0 aliphatic heterocycles. The molecule has 0 heterocycles. The highest BCUT2D eigenvalue weighted by Crippen LogP contribution is 2.24. The second-order valence-electron chi connectivity index (χ2n) is 3.83. The van der Waals surface area contributed by atoms with Crippen molar-refractivity contribution in [1.82, 2.24) is 0 Å². The molecule has 0 aliphatic carbocycles. The normalized spacial score (nSPS) is 10.9. The summed E-state index contributed by atoms with van der Waals surface area (Å²) in [4.78, 5) is 0.0981. The van der Waals surface area contributed by atoms with Gasteiger partial charge in [0.25, 0.3) is 9.05 Å². The van der Waals surface area contributed by atoms with Crippen LogP contribution < -0.4 is 4.74 Å². The molecule has 0 N–H and O–H groups in total. The van der Waals surface area contributed by atoms with Gasteiger partial charge in [-0.2, -0.15) is 5.26 Å². The molecule has 0 saturated heterocycles. The highest BCUT2D eigenvalue weighted by atomic mass is 35.7. The Morgan fingerprint density at radius 2 is 2.11 bits per heavy atom. The maximum Gasteiger partial charge on any atom is 0.261 e. The van der Waals surface area contributed by atoms with E-state index in [0.29, 0.717) is 24.3 Å². The number of ether oxygens (including phenoxy) is 1. The summed E-state index contributed by atoms with van der Waals surface area (Å²) >= 11 is 0. The number of aryl methyl sites for hydroxylation is 1. The first-order valence-corrected chi connectivity index (χ1v) is 7.81. The molecule has 0 amide bonds. The van der Waals surface area contributed by atoms with Crippen molar-refractivity contribution in [3.63, 3.8) is 0 Å². The van der Waals surface area contributed by atoms with Gasteiger partial charge in [0.2, 0.25) is 0 Å². The molecule has 0 bridgehead atoms. The van der Waals surface area contributed by atoms with Gasteiger partial charge in [-0.15, -0.1) is 0 Å². The standard InChI is InChI=1S/C12H14ClNO3S/c1-10-9-11(17-8-4-2-3-7-14)5-6-12(10)18(13,15)16/h5-6,9H,2-4,8H2,1H3. The van der Waals surface area contributed by atoms with E-state index in [4.69, 9.17) is 20.7 Å². The van der Waals surface area contributed by atoms with Gasteiger partial charge < -0.3 is 4.74 Å². The number of halogens is 1. The van der Waals surface area contributed by atoms with Gasteiger partial charge >= 0.3 is 0 Å². The molecule has 1 aromatic carbocycles. The molecule has 18 heavy (non-hydrogen) atoms. The van der Waals surface area contributed by atoms with Gasteiger partial charge in [-0.25, -0.2) is 8.42 Å². The van der Waals surface area contributed by atoms with Gasteiger partial charge in [-0.05, 0) is 43.5 Å². The third kappa shape index (κ3) is 4.55. The molecule has 0 aromatic heterocycles. The Bertz CT molecular complexity index is 549. The van der Waals surface area contributed by atoms with Gasteiger partial charge in [-0.1, -0.05) is 0 Å². The fourth-order valence-electron chi connectivity index (χ4n) is 1.48. The van der Waals surface area contributed by atoms with Crippen molar-refractivity contribution >= 4 is 19.7 Å². The highest BCUT2D eigenvalue weighted by molar-refractivity contribution is 8.13. The molecule has 0 saturated carbocycles. The first kappa shape index (κ1) is 14.8. The monoisotopic (exact) mass is 287 g/mol. The number of benzene rings is 1. The average molecular weight is 288 g/mol. The van der Waals surface area contributed by atoms with E-state index in [1.807, 2.05) is 0 Å². The Balaban J connectivity index is 2.60. The van der Waals surface area contributed by atoms with Crippen molar-refractivity contribution in [2.75, 3.05) is 6.61 Å². The van der Waals surface area contributed by atoms with Crippen LogP contribution in [-0.4, -0.2) is 15.0 Å². The lowest BCUT2D eigenvalue weighted by Gasteiger charge is -2.08. The Hall–Kier alpha value is -1.25. The SMILES string of the molecule is Cc1cc(OCCCCC#N)ccc1S(=O)(=O)Cl. The molecular formula is C12H14ClNO3S. The van der Waals surface area contributed by atoms with Crippen LogP contribution in [0.1, 0.15) is 24.8 Å². The fraction of sp³-hybridized carbons (Fsp3) is 0.417. The average Bonchev–Trinajstić information content (AvgIpc) is 2.27. The molecule has 0 aliphatic rings. The topological polar surface area (TPSA) is 67.2 Å². The van der Waals surface area contributed by atoms with Crippen LogP contribution >= 0.6 is 10.7 Å². The maximum atomic E-state index is 11.2. The second kappa shape index (κ2) is 6.62. The van der Waals surface area contributed by atoms with Crippen molar-refractivity contribution in [3.05, 3.63) is 23.8 Å². The van der Waals surface area contributed by atoms with Crippen molar-refractivity contribution in [3.8, 4) is 11.8 Å². The summed E-state index contributed by atoms with van der Waals surface area (Å²) in [5, 5.41) is 8.37. The van der Waals surface area contributed by atoms with Crippen LogP contribution in [-0.2, 0) is 9.05 Å². The summed E-state index contributed by atoms with van der Waals surface area (Å²) in [6.45, 7) is 2.17. The van der Waals surface area contributed by atoms with Crippen molar-refractivity contribution in [1.29, 1.82) is 5.26 Å². The first-order chi connectivity index (χ1) is 8.45. The minimum Gasteiger partial charge on any atom is -0.494 e. The Kier molecular flexibility index (Phi) is 5.45. The number of rotatable bonds is 6. The van der Waals surface area contributed by atoms with E-state index in [0.717, 1.165) is 12.8 Å². The smallest absolute Gasteiger partial charge is 0.261 e. The van der Waals surface area contributed by atoms with E-state index in [9.17, 15) is 8.42 Å². The van der Waals surface area contributed by atoms with Gasteiger partial charge in [-0.3, -0.25) is 0 Å². The Morgan fingerprint density at radius 3 is 2.67 bits per heavy atom. The largest absolute Gasteiger partial charge is 0.494 e. The molecule has 98 valence electrons. The van der Waals surface area contributed by atoms with Gasteiger partial charge in [0.05, 0.1) is 17.6 Å². The van der Waals surface area contributed by atoms with Crippen LogP contribution in [0.5, 0.6) is 5.75 Å². The van der Waals surface area contributed by atoms with Crippen molar-refractivity contribution < 1.29 is 13.2 Å². The highest BCUT2D eigenvalue weighted by Gasteiger charge is 2.13. The zero-order valence-corrected chi connectivity index (χ0v) is 11.6. The molecule has 0 fully saturated rings. The summed E-state index contributed by atoms with van der Waals surface area (Å²) in [5.41, 5.74) is 0.555. The molecule has 1 aromatic rings. The quantitative estimate of drug-likeness (QED) is 0.596. The summed E-state index contributed by atoms with van der Waals surface area (Å²) in [6.07, 6.45) is 2.11. The van der Waals surface area contributed by atoms with Crippen molar-refractivity contribution in [2.24, 2.45) is 0 Å². The van der Waals surface area contributed by atoms with Gasteiger partial charge in [0, 0.05) is 17.1 Å². The lowest BCUT2D eigenvalue weighted by molar-refractivity contribution is 0.307. The number of hydrogen-bond acceptors (Lipinski definition) is 4. The van der Waals surface area contributed by atoms with E-state index in [1.54, 1.807) is 19.1 Å². The van der Waals surface area contributed by atoms with Crippen LogP contribution in [0.4, 0.5) is 0 Å². The fourth-order valence-corrected chi connectivity index (χ4v) is 2.67. The van der Waals surface area contributed by atoms with Crippen LogP contribution in [0.15, 0.2) is 23.1 Å². The summed E-state index contributed by atoms with van der Waals surface area (Å²) in [7, 11) is 1.58. The van der Waals surface area contributed by atoms with Gasteiger partial charge in [0.15, 0.2) is 0 Å². The lowest BCUT2D eigenvalue weighted by atomic mass is 10.2. The van der Waals surface area contributed by atoms with Crippen LogP contribution in [0.25, 0.3) is 0 Å². The van der Waals surface area contributed by atoms with E-state index < -0.39 is 9.05 Å². The summed E-state index contributed by atoms with van der Waals surface area (Å²) in [5.74, 6) is 0.605. The Labute approximate surface area is 112 Å². The second-order valence-corrected chi connectivity index (χ2v) is 6.36. The summed E-state index contributed by atoms with van der Waals surface area (Å²) < 4.78 is 27.8. The zero-order valence-electron chi connectivity index (χ0n) is 10.0. The number of unbranched alkanes of at least 4 members (excludes halogenated alkanes) is 2. The third-order valence-electron chi connectivity index (χ3n) is 2.36. The van der Waals surface area contributed by atoms with Crippen LogP contribution in [0, 0.1) is 18.3 Å². The molecule has 0 atom stereocenters. The Morgan fingerprint density at radius 1 is 1.39 bits per heavy atom. The first-order valence-electron chi connectivity index (χ1n) is 5.50. The molecule has 0 unspecified atom stereocenters. The van der Waals surface area contributed by atoms with Crippen LogP contribution in [0.2, 0.25) is 0 Å².